The number of ketones is 1. The number of aromatic amines is 1. The maximum absolute atomic E-state index is 12.9. The molecular weight excluding hydrogens is 382 g/mol. The molecule has 0 amide bonds. The highest BCUT2D eigenvalue weighted by atomic mass is 79.9. The minimum atomic E-state index is -0.455. The highest BCUT2D eigenvalue weighted by molar-refractivity contribution is 9.10. The number of carbonyl (C=O) groups is 2. The summed E-state index contributed by atoms with van der Waals surface area (Å²) in [6, 6.07) is 16.4. The van der Waals surface area contributed by atoms with Crippen LogP contribution in [0.2, 0.25) is 0 Å². The zero-order valence-electron chi connectivity index (χ0n) is 13.6. The largest absolute Gasteiger partial charge is 0.462 e. The van der Waals surface area contributed by atoms with Gasteiger partial charge in [-0.2, -0.15) is 0 Å². The third-order valence-corrected chi connectivity index (χ3v) is 4.30. The van der Waals surface area contributed by atoms with Gasteiger partial charge in [-0.05, 0) is 24.6 Å². The van der Waals surface area contributed by atoms with Crippen molar-refractivity contribution in [3.8, 4) is 11.1 Å². The Kier molecular flexibility index (Phi) is 5.14. The highest BCUT2D eigenvalue weighted by Gasteiger charge is 2.24. The van der Waals surface area contributed by atoms with Crippen molar-refractivity contribution in [1.82, 2.24) is 4.98 Å². The van der Waals surface area contributed by atoms with E-state index < -0.39 is 5.97 Å². The molecule has 0 saturated heterocycles. The molecule has 0 bridgehead atoms. The lowest BCUT2D eigenvalue weighted by atomic mass is 9.97. The van der Waals surface area contributed by atoms with Gasteiger partial charge in [0.15, 0.2) is 0 Å². The van der Waals surface area contributed by atoms with Crippen molar-refractivity contribution in [3.05, 3.63) is 82.1 Å². The molecule has 0 atom stereocenters. The molecule has 2 aromatic carbocycles. The van der Waals surface area contributed by atoms with Crippen LogP contribution in [-0.4, -0.2) is 23.3 Å². The molecule has 126 valence electrons. The van der Waals surface area contributed by atoms with Crippen molar-refractivity contribution in [1.29, 1.82) is 0 Å². The molecule has 0 spiro atoms. The monoisotopic (exact) mass is 397 g/mol. The van der Waals surface area contributed by atoms with Crippen molar-refractivity contribution < 1.29 is 14.3 Å². The van der Waals surface area contributed by atoms with Crippen LogP contribution in [0.25, 0.3) is 11.1 Å². The molecule has 25 heavy (non-hydrogen) atoms. The van der Waals surface area contributed by atoms with E-state index in [0.717, 1.165) is 10.0 Å². The van der Waals surface area contributed by atoms with Gasteiger partial charge >= 0.3 is 5.97 Å². The molecule has 0 radical (unpaired) electrons. The van der Waals surface area contributed by atoms with Gasteiger partial charge in [-0.25, -0.2) is 4.79 Å². The van der Waals surface area contributed by atoms with Crippen LogP contribution in [0, 0.1) is 0 Å². The molecule has 5 heteroatoms. The van der Waals surface area contributed by atoms with Crippen LogP contribution in [0.5, 0.6) is 0 Å². The Bertz CT molecular complexity index is 898. The molecule has 3 rings (SSSR count). The Labute approximate surface area is 154 Å². The molecule has 4 nitrogen and oxygen atoms in total. The minimum Gasteiger partial charge on any atom is -0.462 e. The Balaban J connectivity index is 2.14. The number of benzene rings is 2. The summed E-state index contributed by atoms with van der Waals surface area (Å²) in [5.74, 6) is -0.627. The van der Waals surface area contributed by atoms with E-state index in [-0.39, 0.29) is 12.4 Å². The van der Waals surface area contributed by atoms with Crippen molar-refractivity contribution in [2.45, 2.75) is 6.92 Å². The number of rotatable bonds is 5. The number of carbonyl (C=O) groups excluding carboxylic acids is 2. The number of hydrogen-bond acceptors (Lipinski definition) is 3. The summed E-state index contributed by atoms with van der Waals surface area (Å²) in [5.41, 5.74) is 2.60. The first-order valence-corrected chi connectivity index (χ1v) is 8.65. The Morgan fingerprint density at radius 3 is 2.36 bits per heavy atom. The van der Waals surface area contributed by atoms with Crippen molar-refractivity contribution in [2.24, 2.45) is 0 Å². The van der Waals surface area contributed by atoms with Crippen LogP contribution in [0.3, 0.4) is 0 Å². The fourth-order valence-corrected chi connectivity index (χ4v) is 2.89. The number of hydrogen-bond donors (Lipinski definition) is 1. The average molecular weight is 398 g/mol. The molecule has 0 saturated carbocycles. The van der Waals surface area contributed by atoms with Crippen molar-refractivity contribution in [2.75, 3.05) is 6.61 Å². The maximum Gasteiger partial charge on any atom is 0.340 e. The average Bonchev–Trinajstić information content (AvgIpc) is 3.08. The molecule has 1 aromatic heterocycles. The van der Waals surface area contributed by atoms with Crippen LogP contribution in [0.15, 0.2) is 65.3 Å². The van der Waals surface area contributed by atoms with Gasteiger partial charge in [0, 0.05) is 21.8 Å². The molecule has 1 heterocycles. The number of halogens is 1. The predicted molar refractivity (Wildman–Crippen MR) is 99.8 cm³/mol. The van der Waals surface area contributed by atoms with E-state index in [9.17, 15) is 9.59 Å². The number of aromatic nitrogens is 1. The van der Waals surface area contributed by atoms with Crippen LogP contribution in [0.1, 0.15) is 33.3 Å². The Hall–Kier alpha value is -2.66. The van der Waals surface area contributed by atoms with Gasteiger partial charge in [-0.1, -0.05) is 58.4 Å². The highest BCUT2D eigenvalue weighted by Crippen LogP contribution is 2.31. The summed E-state index contributed by atoms with van der Waals surface area (Å²) in [5, 5.41) is 0. The molecule has 0 aliphatic heterocycles. The van der Waals surface area contributed by atoms with Gasteiger partial charge < -0.3 is 9.72 Å². The summed E-state index contributed by atoms with van der Waals surface area (Å²) in [4.78, 5) is 28.2. The lowest BCUT2D eigenvalue weighted by Gasteiger charge is -2.08. The topological polar surface area (TPSA) is 59.2 Å². The van der Waals surface area contributed by atoms with E-state index in [0.29, 0.717) is 22.4 Å². The van der Waals surface area contributed by atoms with Crippen LogP contribution >= 0.6 is 15.9 Å². The van der Waals surface area contributed by atoms with Gasteiger partial charge in [-0.15, -0.1) is 0 Å². The lowest BCUT2D eigenvalue weighted by Crippen LogP contribution is -2.07. The smallest absolute Gasteiger partial charge is 0.340 e. The first-order valence-electron chi connectivity index (χ1n) is 7.86. The van der Waals surface area contributed by atoms with E-state index in [1.807, 2.05) is 42.5 Å². The van der Waals surface area contributed by atoms with E-state index in [4.69, 9.17) is 4.74 Å². The molecule has 1 N–H and O–H groups in total. The maximum atomic E-state index is 12.9. The third-order valence-electron chi connectivity index (χ3n) is 3.77. The number of esters is 1. The third kappa shape index (κ3) is 3.56. The van der Waals surface area contributed by atoms with Gasteiger partial charge in [0.1, 0.15) is 0 Å². The second kappa shape index (κ2) is 7.49. The standard InChI is InChI=1S/C20H16BrNO3/c1-2-25-20(24)16-12-22-18(19(23)14-6-4-3-5-7-14)17(16)13-8-10-15(21)11-9-13/h3-12,22H,2H2,1H3. The summed E-state index contributed by atoms with van der Waals surface area (Å²) in [6.45, 7) is 2.02. The van der Waals surface area contributed by atoms with Crippen LogP contribution in [-0.2, 0) is 4.74 Å². The van der Waals surface area contributed by atoms with E-state index >= 15 is 0 Å². The lowest BCUT2D eigenvalue weighted by molar-refractivity contribution is 0.0527. The minimum absolute atomic E-state index is 0.172. The van der Waals surface area contributed by atoms with E-state index in [1.54, 1.807) is 19.1 Å². The fraction of sp³-hybridized carbons (Fsp3) is 0.100. The second-order valence-electron chi connectivity index (χ2n) is 5.37. The molecule has 0 unspecified atom stereocenters. The Morgan fingerprint density at radius 2 is 1.72 bits per heavy atom. The number of ether oxygens (including phenoxy) is 1. The van der Waals surface area contributed by atoms with Gasteiger partial charge in [0.2, 0.25) is 5.78 Å². The van der Waals surface area contributed by atoms with Crippen LogP contribution < -0.4 is 0 Å². The molecule has 3 aromatic rings. The van der Waals surface area contributed by atoms with Crippen molar-refractivity contribution >= 4 is 27.7 Å². The van der Waals surface area contributed by atoms with Gasteiger partial charge in [-0.3, -0.25) is 4.79 Å². The number of H-pyrrole nitrogens is 1. The predicted octanol–water partition coefficient (Wildman–Crippen LogP) is 4.85. The molecule has 0 aliphatic carbocycles. The normalized spacial score (nSPS) is 10.5. The fourth-order valence-electron chi connectivity index (χ4n) is 2.62. The van der Waals surface area contributed by atoms with Crippen molar-refractivity contribution in [3.63, 3.8) is 0 Å². The van der Waals surface area contributed by atoms with E-state index in [2.05, 4.69) is 20.9 Å². The summed E-state index contributed by atoms with van der Waals surface area (Å²) >= 11 is 3.40. The zero-order chi connectivity index (χ0) is 17.8. The first kappa shape index (κ1) is 17.2. The first-order chi connectivity index (χ1) is 12.1. The zero-order valence-corrected chi connectivity index (χ0v) is 15.2. The van der Waals surface area contributed by atoms with Gasteiger partial charge in [0.05, 0.1) is 17.9 Å². The molecule has 0 fully saturated rings. The summed E-state index contributed by atoms with van der Waals surface area (Å²) in [7, 11) is 0. The molecule has 0 aliphatic rings. The molecular formula is C20H16BrNO3. The van der Waals surface area contributed by atoms with Crippen LogP contribution in [0.4, 0.5) is 0 Å². The quantitative estimate of drug-likeness (QED) is 0.494. The van der Waals surface area contributed by atoms with E-state index in [1.165, 1.54) is 6.20 Å². The SMILES string of the molecule is CCOC(=O)c1c[nH]c(C(=O)c2ccccc2)c1-c1ccc(Br)cc1. The second-order valence-corrected chi connectivity index (χ2v) is 6.29. The summed E-state index contributed by atoms with van der Waals surface area (Å²) in [6.07, 6.45) is 1.53. The Morgan fingerprint density at radius 1 is 1.04 bits per heavy atom. The van der Waals surface area contributed by atoms with Gasteiger partial charge in [0.25, 0.3) is 0 Å². The summed E-state index contributed by atoms with van der Waals surface area (Å²) < 4.78 is 6.05. The number of nitrogens with one attached hydrogen (secondary N) is 1.